The lowest BCUT2D eigenvalue weighted by atomic mass is 10.1. The SMILES string of the molecule is O=C(NNC(=O)c1ccc(N2CCCCC2)c([N+](=O)[O-])c1)c1cccc(O)c1. The van der Waals surface area contributed by atoms with Crippen LogP contribution in [0.15, 0.2) is 42.5 Å². The van der Waals surface area contributed by atoms with Crippen molar-refractivity contribution in [1.29, 1.82) is 0 Å². The van der Waals surface area contributed by atoms with Crippen molar-refractivity contribution in [2.24, 2.45) is 0 Å². The molecule has 1 heterocycles. The number of carbonyl (C=O) groups is 2. The molecule has 0 saturated carbocycles. The van der Waals surface area contributed by atoms with Crippen molar-refractivity contribution in [3.63, 3.8) is 0 Å². The molecule has 28 heavy (non-hydrogen) atoms. The molecule has 0 atom stereocenters. The Morgan fingerprint density at radius 1 is 0.964 bits per heavy atom. The summed E-state index contributed by atoms with van der Waals surface area (Å²) in [6.07, 6.45) is 3.05. The van der Waals surface area contributed by atoms with Gasteiger partial charge in [-0.25, -0.2) is 0 Å². The molecule has 146 valence electrons. The first-order valence-electron chi connectivity index (χ1n) is 8.89. The Balaban J connectivity index is 1.72. The summed E-state index contributed by atoms with van der Waals surface area (Å²) >= 11 is 0. The fraction of sp³-hybridized carbons (Fsp3) is 0.263. The molecule has 0 aliphatic carbocycles. The van der Waals surface area contributed by atoms with Gasteiger partial charge in [-0.2, -0.15) is 0 Å². The molecule has 2 aromatic carbocycles. The number of piperidine rings is 1. The number of hydrazine groups is 1. The summed E-state index contributed by atoms with van der Waals surface area (Å²) in [4.78, 5) is 37.2. The van der Waals surface area contributed by atoms with Crippen molar-refractivity contribution in [1.82, 2.24) is 10.9 Å². The smallest absolute Gasteiger partial charge is 0.293 e. The van der Waals surface area contributed by atoms with Crippen LogP contribution in [0.2, 0.25) is 0 Å². The largest absolute Gasteiger partial charge is 0.508 e. The van der Waals surface area contributed by atoms with Crippen LogP contribution in [0.5, 0.6) is 5.75 Å². The lowest BCUT2D eigenvalue weighted by molar-refractivity contribution is -0.384. The summed E-state index contributed by atoms with van der Waals surface area (Å²) < 4.78 is 0. The molecule has 3 N–H and O–H groups in total. The second-order valence-electron chi connectivity index (χ2n) is 6.47. The molecule has 1 aliphatic rings. The summed E-state index contributed by atoms with van der Waals surface area (Å²) in [5, 5.41) is 20.9. The van der Waals surface area contributed by atoms with E-state index in [4.69, 9.17) is 0 Å². The van der Waals surface area contributed by atoms with Crippen LogP contribution in [0.25, 0.3) is 0 Å². The topological polar surface area (TPSA) is 125 Å². The minimum absolute atomic E-state index is 0.0590. The fourth-order valence-corrected chi connectivity index (χ4v) is 3.12. The highest BCUT2D eigenvalue weighted by atomic mass is 16.6. The van der Waals surface area contributed by atoms with E-state index in [1.807, 2.05) is 4.90 Å². The molecule has 0 aromatic heterocycles. The molecule has 1 aliphatic heterocycles. The van der Waals surface area contributed by atoms with Gasteiger partial charge in [0.1, 0.15) is 11.4 Å². The number of rotatable bonds is 4. The number of phenols is 1. The van der Waals surface area contributed by atoms with E-state index < -0.39 is 16.7 Å². The number of anilines is 1. The van der Waals surface area contributed by atoms with Crippen LogP contribution in [0.3, 0.4) is 0 Å². The van der Waals surface area contributed by atoms with Gasteiger partial charge < -0.3 is 10.0 Å². The quantitative estimate of drug-likeness (QED) is 0.549. The van der Waals surface area contributed by atoms with Gasteiger partial charge in [-0.15, -0.1) is 0 Å². The van der Waals surface area contributed by atoms with Gasteiger partial charge in [-0.3, -0.25) is 30.6 Å². The zero-order valence-electron chi connectivity index (χ0n) is 15.1. The van der Waals surface area contributed by atoms with Gasteiger partial charge in [0.15, 0.2) is 0 Å². The van der Waals surface area contributed by atoms with E-state index in [1.165, 1.54) is 36.4 Å². The first-order chi connectivity index (χ1) is 13.5. The van der Waals surface area contributed by atoms with Gasteiger partial charge in [0, 0.05) is 30.3 Å². The standard InChI is InChI=1S/C19H20N4O5/c24-15-6-4-5-13(11-15)18(25)20-21-19(26)14-7-8-16(17(12-14)23(27)28)22-9-2-1-3-10-22/h4-8,11-12,24H,1-3,9-10H2,(H,20,25)(H,21,26). The molecule has 9 nitrogen and oxygen atoms in total. The van der Waals surface area contributed by atoms with E-state index in [9.17, 15) is 24.8 Å². The molecule has 1 fully saturated rings. The van der Waals surface area contributed by atoms with Crippen molar-refractivity contribution in [2.45, 2.75) is 19.3 Å². The van der Waals surface area contributed by atoms with Gasteiger partial charge in [0.25, 0.3) is 17.5 Å². The maximum atomic E-state index is 12.3. The number of hydrogen-bond acceptors (Lipinski definition) is 6. The van der Waals surface area contributed by atoms with Crippen LogP contribution in [-0.2, 0) is 0 Å². The number of carbonyl (C=O) groups excluding carboxylic acids is 2. The molecule has 3 rings (SSSR count). The van der Waals surface area contributed by atoms with Crippen LogP contribution in [-0.4, -0.2) is 34.9 Å². The molecule has 0 radical (unpaired) electrons. The number of nitro groups is 1. The van der Waals surface area contributed by atoms with Gasteiger partial charge in [-0.1, -0.05) is 6.07 Å². The average molecular weight is 384 g/mol. The fourth-order valence-electron chi connectivity index (χ4n) is 3.12. The number of nitro benzene ring substituents is 1. The number of nitrogens with one attached hydrogen (secondary N) is 2. The Morgan fingerprint density at radius 3 is 2.21 bits per heavy atom. The molecule has 0 unspecified atom stereocenters. The lowest BCUT2D eigenvalue weighted by Gasteiger charge is -2.28. The molecule has 1 saturated heterocycles. The van der Waals surface area contributed by atoms with Crippen LogP contribution >= 0.6 is 0 Å². The Kier molecular flexibility index (Phi) is 5.73. The number of benzene rings is 2. The van der Waals surface area contributed by atoms with Crippen molar-refractivity contribution >= 4 is 23.2 Å². The first kappa shape index (κ1) is 19.2. The highest BCUT2D eigenvalue weighted by Gasteiger charge is 2.23. The van der Waals surface area contributed by atoms with Crippen molar-refractivity contribution in [2.75, 3.05) is 18.0 Å². The van der Waals surface area contributed by atoms with Gasteiger partial charge >= 0.3 is 0 Å². The molecule has 0 spiro atoms. The number of phenolic OH excluding ortho intramolecular Hbond substituents is 1. The first-order valence-corrected chi connectivity index (χ1v) is 8.89. The molecular weight excluding hydrogens is 364 g/mol. The zero-order chi connectivity index (χ0) is 20.1. The monoisotopic (exact) mass is 384 g/mol. The molecular formula is C19H20N4O5. The maximum absolute atomic E-state index is 12.3. The maximum Gasteiger partial charge on any atom is 0.293 e. The average Bonchev–Trinajstić information content (AvgIpc) is 2.72. The van der Waals surface area contributed by atoms with Crippen molar-refractivity contribution in [3.05, 3.63) is 63.7 Å². The van der Waals surface area contributed by atoms with E-state index in [0.717, 1.165) is 32.4 Å². The van der Waals surface area contributed by atoms with Crippen molar-refractivity contribution < 1.29 is 19.6 Å². The Morgan fingerprint density at radius 2 is 1.61 bits per heavy atom. The van der Waals surface area contributed by atoms with Crippen LogP contribution in [0, 0.1) is 10.1 Å². The third-order valence-electron chi connectivity index (χ3n) is 4.53. The summed E-state index contributed by atoms with van der Waals surface area (Å²) in [6.45, 7) is 1.48. The molecule has 9 heteroatoms. The van der Waals surface area contributed by atoms with E-state index in [1.54, 1.807) is 6.07 Å². The van der Waals surface area contributed by atoms with E-state index in [-0.39, 0.29) is 22.6 Å². The summed E-state index contributed by atoms with van der Waals surface area (Å²) in [5.74, 6) is -1.38. The zero-order valence-corrected chi connectivity index (χ0v) is 15.1. The predicted octanol–water partition coefficient (Wildman–Crippen LogP) is 2.37. The van der Waals surface area contributed by atoms with Crippen LogP contribution < -0.4 is 15.8 Å². The normalized spacial score (nSPS) is 13.6. The van der Waals surface area contributed by atoms with Gasteiger partial charge in [0.2, 0.25) is 0 Å². The Hall–Kier alpha value is -3.62. The van der Waals surface area contributed by atoms with Crippen molar-refractivity contribution in [3.8, 4) is 5.75 Å². The second kappa shape index (κ2) is 8.38. The summed E-state index contributed by atoms with van der Waals surface area (Å²) in [7, 11) is 0. The minimum atomic E-state index is -0.679. The van der Waals surface area contributed by atoms with E-state index in [0.29, 0.717) is 5.69 Å². The highest BCUT2D eigenvalue weighted by Crippen LogP contribution is 2.31. The molecule has 0 bridgehead atoms. The number of hydrogen-bond donors (Lipinski definition) is 3. The van der Waals surface area contributed by atoms with Gasteiger partial charge in [0.05, 0.1) is 4.92 Å². The Labute approximate surface area is 161 Å². The minimum Gasteiger partial charge on any atom is -0.508 e. The third-order valence-corrected chi connectivity index (χ3v) is 4.53. The van der Waals surface area contributed by atoms with E-state index in [2.05, 4.69) is 10.9 Å². The van der Waals surface area contributed by atoms with E-state index >= 15 is 0 Å². The third kappa shape index (κ3) is 4.37. The molecule has 2 aromatic rings. The Bertz CT molecular complexity index is 909. The predicted molar refractivity (Wildman–Crippen MR) is 102 cm³/mol. The van der Waals surface area contributed by atoms with Gasteiger partial charge in [-0.05, 0) is 49.6 Å². The lowest BCUT2D eigenvalue weighted by Crippen LogP contribution is -2.41. The van der Waals surface area contributed by atoms with Crippen LogP contribution in [0.1, 0.15) is 40.0 Å². The summed E-state index contributed by atoms with van der Waals surface area (Å²) in [6, 6.07) is 9.90. The highest BCUT2D eigenvalue weighted by molar-refractivity contribution is 5.99. The van der Waals surface area contributed by atoms with Crippen LogP contribution in [0.4, 0.5) is 11.4 Å². The number of nitrogens with zero attached hydrogens (tertiary/aromatic N) is 2. The number of aromatic hydroxyl groups is 1. The number of amides is 2. The molecule has 2 amide bonds. The summed E-state index contributed by atoms with van der Waals surface area (Å²) in [5.41, 5.74) is 5.01. The second-order valence-corrected chi connectivity index (χ2v) is 6.47.